The monoisotopic (exact) mass is 669 g/mol. The molecule has 2 aromatic carbocycles. The highest BCUT2D eigenvalue weighted by molar-refractivity contribution is 7.75. The van der Waals surface area contributed by atoms with Gasteiger partial charge in [0.25, 0.3) is 5.91 Å². The first kappa shape index (κ1) is 33.5. The van der Waals surface area contributed by atoms with Gasteiger partial charge >= 0.3 is 0 Å². The predicted octanol–water partition coefficient (Wildman–Crippen LogP) is 6.20. The lowest BCUT2D eigenvalue weighted by Gasteiger charge is -2.44. The number of methoxy groups -OCH3 is 1. The molecule has 1 amide bonds. The van der Waals surface area contributed by atoms with Crippen LogP contribution < -0.4 is 9.64 Å². The maximum absolute atomic E-state index is 13.3. The lowest BCUT2D eigenvalue weighted by Crippen LogP contribution is -2.53. The summed E-state index contributed by atoms with van der Waals surface area (Å²) in [5, 5.41) is 0.748. The van der Waals surface area contributed by atoms with Gasteiger partial charge in [0.15, 0.2) is 0 Å². The van der Waals surface area contributed by atoms with Crippen LogP contribution in [0.15, 0.2) is 52.9 Å². The predicted molar refractivity (Wildman–Crippen MR) is 185 cm³/mol. The number of fused-ring (bicyclic) bond motifs is 3. The number of thiol groups is 1. The van der Waals surface area contributed by atoms with Crippen molar-refractivity contribution in [3.05, 3.63) is 70.3 Å². The number of halogens is 1. The molecule has 0 spiro atoms. The van der Waals surface area contributed by atoms with Crippen LogP contribution in [0.1, 0.15) is 60.5 Å². The van der Waals surface area contributed by atoms with Crippen LogP contribution in [0.2, 0.25) is 5.02 Å². The number of likely N-dealkylation sites (tertiary alicyclic amines) is 1. The van der Waals surface area contributed by atoms with E-state index in [0.717, 1.165) is 81.2 Å². The highest BCUT2D eigenvalue weighted by atomic mass is 35.5. The topological polar surface area (TPSA) is 80.7 Å². The highest BCUT2D eigenvalue weighted by Crippen LogP contribution is 2.42. The van der Waals surface area contributed by atoms with Crippen LogP contribution in [0.5, 0.6) is 5.75 Å². The van der Waals surface area contributed by atoms with Gasteiger partial charge in [0.1, 0.15) is 5.75 Å². The Labute approximate surface area is 280 Å². The molecular weight excluding hydrogens is 622 g/mol. The van der Waals surface area contributed by atoms with Gasteiger partial charge in [-0.1, -0.05) is 36.7 Å². The maximum Gasteiger partial charge on any atom is 0.284 e. The molecule has 4 aliphatic rings. The molecule has 1 saturated heterocycles. The van der Waals surface area contributed by atoms with Gasteiger partial charge in [-0.3, -0.25) is 13.9 Å². The number of hydrogen-bond acceptors (Lipinski definition) is 7. The molecule has 1 unspecified atom stereocenters. The number of allylic oxidation sites excluding steroid dienone is 1. The summed E-state index contributed by atoms with van der Waals surface area (Å²) < 4.78 is 35.6. The Hall–Kier alpha value is -2.43. The van der Waals surface area contributed by atoms with Crippen LogP contribution in [0, 0.1) is 17.8 Å². The van der Waals surface area contributed by atoms with Gasteiger partial charge in [0, 0.05) is 66.8 Å². The van der Waals surface area contributed by atoms with Crippen molar-refractivity contribution in [3.8, 4) is 5.75 Å². The van der Waals surface area contributed by atoms with E-state index in [0.29, 0.717) is 49.0 Å². The average molecular weight is 670 g/mol. The third kappa shape index (κ3) is 8.34. The number of nitrogens with zero attached hydrogens (tertiary/aromatic N) is 3. The van der Waals surface area contributed by atoms with E-state index in [4.69, 9.17) is 25.8 Å². The summed E-state index contributed by atoms with van der Waals surface area (Å²) in [6.45, 7) is 7.62. The van der Waals surface area contributed by atoms with Crippen molar-refractivity contribution in [3.63, 3.8) is 0 Å². The van der Waals surface area contributed by atoms with Gasteiger partial charge in [-0.15, -0.1) is 0 Å². The fourth-order valence-electron chi connectivity index (χ4n) is 7.07. The molecule has 1 saturated carbocycles. The van der Waals surface area contributed by atoms with E-state index >= 15 is 0 Å². The van der Waals surface area contributed by atoms with Crippen LogP contribution >= 0.6 is 11.6 Å². The largest absolute Gasteiger partial charge is 0.491 e. The zero-order chi connectivity index (χ0) is 32.0. The van der Waals surface area contributed by atoms with Crippen LogP contribution in [-0.2, 0) is 33.0 Å². The minimum absolute atomic E-state index is 0.00969. The average Bonchev–Trinajstić information content (AvgIpc) is 3.02. The van der Waals surface area contributed by atoms with E-state index in [1.165, 1.54) is 11.1 Å². The summed E-state index contributed by atoms with van der Waals surface area (Å²) in [5.74, 6) is 1.63. The van der Waals surface area contributed by atoms with Crippen LogP contribution in [0.25, 0.3) is 0 Å². The first-order valence-corrected chi connectivity index (χ1v) is 18.7. The summed E-state index contributed by atoms with van der Waals surface area (Å²) in [5.41, 5.74) is 3.81. The molecule has 0 N–H and O–H groups in total. The Kier molecular flexibility index (Phi) is 11.4. The number of benzene rings is 2. The molecule has 0 aromatic heterocycles. The summed E-state index contributed by atoms with van der Waals surface area (Å²) in [4.78, 5) is 18.0. The number of amides is 1. The van der Waals surface area contributed by atoms with Crippen molar-refractivity contribution >= 4 is 33.8 Å². The smallest absolute Gasteiger partial charge is 0.284 e. The molecule has 46 heavy (non-hydrogen) atoms. The van der Waals surface area contributed by atoms with E-state index in [1.54, 1.807) is 13.2 Å². The third-order valence-electron chi connectivity index (χ3n) is 10.0. The normalized spacial score (nSPS) is 29.1. The second-order valence-corrected chi connectivity index (χ2v) is 15.2. The molecule has 3 aliphatic heterocycles. The van der Waals surface area contributed by atoms with Crippen molar-refractivity contribution in [1.29, 1.82) is 0 Å². The van der Waals surface area contributed by atoms with Crippen molar-refractivity contribution in [1.82, 2.24) is 4.90 Å². The molecule has 250 valence electrons. The Morgan fingerprint density at radius 3 is 2.76 bits per heavy atom. The van der Waals surface area contributed by atoms with Crippen LogP contribution in [0.4, 0.5) is 5.69 Å². The minimum Gasteiger partial charge on any atom is -0.491 e. The summed E-state index contributed by atoms with van der Waals surface area (Å²) in [7, 11) is -0.245. The van der Waals surface area contributed by atoms with Gasteiger partial charge in [-0.2, -0.15) is 4.36 Å². The minimum atomic E-state index is -2.02. The number of hydrogen-bond donors (Lipinski definition) is 1. The van der Waals surface area contributed by atoms with Crippen molar-refractivity contribution in [2.24, 2.45) is 22.1 Å². The molecule has 2 aromatic rings. The van der Waals surface area contributed by atoms with Crippen LogP contribution in [-0.4, -0.2) is 79.5 Å². The first-order chi connectivity index (χ1) is 22.4. The molecular formula is C36H48ClN3O5S. The Morgan fingerprint density at radius 2 is 1.96 bits per heavy atom. The Balaban J connectivity index is 1.33. The first-order valence-electron chi connectivity index (χ1n) is 16.9. The molecule has 3 heterocycles. The quantitative estimate of drug-likeness (QED) is 0.300. The Morgan fingerprint density at radius 1 is 1.09 bits per heavy atom. The van der Waals surface area contributed by atoms with E-state index in [1.807, 2.05) is 18.2 Å². The third-order valence-corrected chi connectivity index (χ3v) is 11.6. The number of carbonyl (C=O) groups excluding carboxylic acids is 1. The van der Waals surface area contributed by atoms with E-state index in [-0.39, 0.29) is 12.0 Å². The lowest BCUT2D eigenvalue weighted by atomic mass is 9.70. The summed E-state index contributed by atoms with van der Waals surface area (Å²) >= 11 is 6.46. The number of aryl methyl sites for hydroxylation is 1. The molecule has 0 radical (unpaired) electrons. The zero-order valence-corrected chi connectivity index (χ0v) is 28.8. The van der Waals surface area contributed by atoms with Gasteiger partial charge in [-0.25, -0.2) is 0 Å². The van der Waals surface area contributed by atoms with Gasteiger partial charge in [0.05, 0.1) is 31.1 Å². The second kappa shape index (κ2) is 15.6. The number of carbonyl (C=O) groups is 1. The molecule has 10 heteroatoms. The summed E-state index contributed by atoms with van der Waals surface area (Å²) in [6, 6.07) is 11.8. The molecule has 6 rings (SSSR count). The fraction of sp³-hybridized carbons (Fsp3) is 0.583. The second-order valence-electron chi connectivity index (χ2n) is 13.4. The van der Waals surface area contributed by atoms with Crippen molar-refractivity contribution in [2.45, 2.75) is 64.2 Å². The number of ether oxygens (including phenoxy) is 3. The summed E-state index contributed by atoms with van der Waals surface area (Å²) in [6.07, 6.45) is 10.6. The number of rotatable bonds is 5. The molecule has 2 bridgehead atoms. The highest BCUT2D eigenvalue weighted by Gasteiger charge is 2.38. The lowest BCUT2D eigenvalue weighted by molar-refractivity contribution is -0.0592. The molecule has 8 nitrogen and oxygen atoms in total. The van der Waals surface area contributed by atoms with E-state index in [2.05, 4.69) is 45.4 Å². The van der Waals surface area contributed by atoms with E-state index in [9.17, 15) is 9.00 Å². The van der Waals surface area contributed by atoms with Crippen molar-refractivity contribution < 1.29 is 23.2 Å². The molecule has 2 fully saturated rings. The van der Waals surface area contributed by atoms with Crippen LogP contribution in [0.3, 0.4) is 0 Å². The SMILES string of the molecule is COC1CN(CCO[C@H]2/C=C/C[C@H](C)C/[SH](=O)=N\C(=O)c3ccc4c(c3)N(Cc3ccc(Cl)cc3CCCCO4)C[C@@H]3CC[C@H]32)C1. The van der Waals surface area contributed by atoms with E-state index < -0.39 is 16.5 Å². The Bertz CT molecular complexity index is 1490. The van der Waals surface area contributed by atoms with Gasteiger partial charge in [0.2, 0.25) is 0 Å². The van der Waals surface area contributed by atoms with Gasteiger partial charge in [-0.05, 0) is 97.7 Å². The molecule has 1 aliphatic carbocycles. The van der Waals surface area contributed by atoms with Gasteiger partial charge < -0.3 is 19.1 Å². The standard InChI is InChI=1S/C36H48ClN3O5S/c1-25-6-5-8-34(45-17-15-39-22-31(23-39)43-2)32-13-10-29(32)21-40-20-28-9-12-30(37)18-26(28)7-3-4-16-44-35-14-11-27(19-33(35)40)36(41)38-46(42)24-25/h5,8-9,11-12,14,18-19,25,29,31-32,34,46H,3-4,6-7,10,13,15-17,20-24H2,1-2H3/b8-5+/t25-,29-,32+,34-/m0/s1. The zero-order valence-electron chi connectivity index (χ0n) is 27.1. The fourth-order valence-corrected chi connectivity index (χ4v) is 8.35. The molecule has 5 atom stereocenters. The maximum atomic E-state index is 13.3. The van der Waals surface area contributed by atoms with Crippen molar-refractivity contribution in [2.75, 3.05) is 57.2 Å². The number of anilines is 1.